The van der Waals surface area contributed by atoms with Crippen LogP contribution in [-0.4, -0.2) is 15.8 Å². The molecule has 2 aromatic carbocycles. The molecule has 26 heavy (non-hydrogen) atoms. The van der Waals surface area contributed by atoms with Gasteiger partial charge in [0.1, 0.15) is 0 Å². The Bertz CT molecular complexity index is 1060. The van der Waals surface area contributed by atoms with Crippen LogP contribution in [0.1, 0.15) is 17.0 Å². The SMILES string of the molecule is Cc1cc(-c2ccc([N+](=O)[O-])cc2)c(C=C2C(=O)Nc3ccccc32)[nH]1. The van der Waals surface area contributed by atoms with Gasteiger partial charge in [-0.2, -0.15) is 0 Å². The summed E-state index contributed by atoms with van der Waals surface area (Å²) in [6.07, 6.45) is 1.82. The normalized spacial score (nSPS) is 14.3. The number of H-pyrrole nitrogens is 1. The number of para-hydroxylation sites is 1. The van der Waals surface area contributed by atoms with Crippen LogP contribution in [0.2, 0.25) is 0 Å². The summed E-state index contributed by atoms with van der Waals surface area (Å²) in [4.78, 5) is 26.0. The number of aryl methyl sites for hydroxylation is 1. The number of rotatable bonds is 3. The maximum Gasteiger partial charge on any atom is 0.269 e. The minimum absolute atomic E-state index is 0.0463. The van der Waals surface area contributed by atoms with E-state index in [1.54, 1.807) is 12.1 Å². The third-order valence-electron chi connectivity index (χ3n) is 4.37. The average molecular weight is 345 g/mol. The highest BCUT2D eigenvalue weighted by atomic mass is 16.6. The molecule has 4 rings (SSSR count). The number of carbonyl (C=O) groups excluding carboxylic acids is 1. The van der Waals surface area contributed by atoms with Gasteiger partial charge in [0.05, 0.1) is 10.5 Å². The van der Waals surface area contributed by atoms with Crippen molar-refractivity contribution in [2.45, 2.75) is 6.92 Å². The first kappa shape index (κ1) is 15.8. The summed E-state index contributed by atoms with van der Waals surface area (Å²) >= 11 is 0. The van der Waals surface area contributed by atoms with Gasteiger partial charge in [-0.3, -0.25) is 14.9 Å². The number of carbonyl (C=O) groups is 1. The Morgan fingerprint density at radius 3 is 2.50 bits per heavy atom. The molecule has 0 bridgehead atoms. The van der Waals surface area contributed by atoms with Crippen LogP contribution in [0.4, 0.5) is 11.4 Å². The summed E-state index contributed by atoms with van der Waals surface area (Å²) in [5, 5.41) is 13.7. The van der Waals surface area contributed by atoms with Crippen LogP contribution in [-0.2, 0) is 4.79 Å². The number of aromatic amines is 1. The molecule has 0 radical (unpaired) electrons. The van der Waals surface area contributed by atoms with Crippen molar-refractivity contribution < 1.29 is 9.72 Å². The van der Waals surface area contributed by atoms with Crippen LogP contribution >= 0.6 is 0 Å². The van der Waals surface area contributed by atoms with E-state index in [1.165, 1.54) is 12.1 Å². The number of fused-ring (bicyclic) bond motifs is 1. The van der Waals surface area contributed by atoms with Gasteiger partial charge >= 0.3 is 0 Å². The number of hydrogen-bond acceptors (Lipinski definition) is 3. The van der Waals surface area contributed by atoms with Crippen molar-refractivity contribution >= 4 is 28.9 Å². The Morgan fingerprint density at radius 1 is 1.04 bits per heavy atom. The van der Waals surface area contributed by atoms with E-state index in [9.17, 15) is 14.9 Å². The highest BCUT2D eigenvalue weighted by Gasteiger charge is 2.24. The molecule has 3 aromatic rings. The first-order valence-corrected chi connectivity index (χ1v) is 8.10. The number of aromatic nitrogens is 1. The van der Waals surface area contributed by atoms with E-state index < -0.39 is 4.92 Å². The second kappa shape index (κ2) is 6.00. The zero-order valence-electron chi connectivity index (χ0n) is 13.9. The monoisotopic (exact) mass is 345 g/mol. The molecule has 6 heteroatoms. The minimum Gasteiger partial charge on any atom is -0.359 e. The average Bonchev–Trinajstić information content (AvgIpc) is 3.15. The van der Waals surface area contributed by atoms with Gasteiger partial charge in [0.15, 0.2) is 0 Å². The molecule has 1 aromatic heterocycles. The quantitative estimate of drug-likeness (QED) is 0.419. The second-order valence-corrected chi connectivity index (χ2v) is 6.14. The third-order valence-corrected chi connectivity index (χ3v) is 4.37. The number of benzene rings is 2. The first-order chi connectivity index (χ1) is 12.5. The Balaban J connectivity index is 1.80. The Kier molecular flexibility index (Phi) is 3.65. The van der Waals surface area contributed by atoms with Gasteiger partial charge in [0.25, 0.3) is 11.6 Å². The predicted molar refractivity (Wildman–Crippen MR) is 101 cm³/mol. The van der Waals surface area contributed by atoms with E-state index in [-0.39, 0.29) is 11.6 Å². The highest BCUT2D eigenvalue weighted by molar-refractivity contribution is 6.35. The van der Waals surface area contributed by atoms with Gasteiger partial charge in [0.2, 0.25) is 0 Å². The van der Waals surface area contributed by atoms with E-state index >= 15 is 0 Å². The fourth-order valence-electron chi connectivity index (χ4n) is 3.15. The highest BCUT2D eigenvalue weighted by Crippen LogP contribution is 2.35. The number of amides is 1. The topological polar surface area (TPSA) is 88.0 Å². The molecule has 0 spiro atoms. The smallest absolute Gasteiger partial charge is 0.269 e. The Morgan fingerprint density at radius 2 is 1.77 bits per heavy atom. The van der Waals surface area contributed by atoms with Crippen LogP contribution < -0.4 is 5.32 Å². The molecule has 128 valence electrons. The summed E-state index contributed by atoms with van der Waals surface area (Å²) < 4.78 is 0. The third kappa shape index (κ3) is 2.67. The number of anilines is 1. The number of nitro groups is 1. The van der Waals surface area contributed by atoms with Gasteiger partial charge in [0, 0.05) is 40.3 Å². The van der Waals surface area contributed by atoms with Crippen molar-refractivity contribution in [1.29, 1.82) is 0 Å². The molecular weight excluding hydrogens is 330 g/mol. The molecule has 0 saturated carbocycles. The summed E-state index contributed by atoms with van der Waals surface area (Å²) in [5.74, 6) is -0.145. The van der Waals surface area contributed by atoms with Crippen LogP contribution in [0, 0.1) is 17.0 Å². The van der Waals surface area contributed by atoms with Crippen molar-refractivity contribution in [1.82, 2.24) is 4.98 Å². The molecule has 0 aliphatic carbocycles. The fourth-order valence-corrected chi connectivity index (χ4v) is 3.15. The van der Waals surface area contributed by atoms with Gasteiger partial charge in [-0.25, -0.2) is 0 Å². The van der Waals surface area contributed by atoms with Gasteiger partial charge < -0.3 is 10.3 Å². The molecule has 6 nitrogen and oxygen atoms in total. The van der Waals surface area contributed by atoms with Crippen LogP contribution in [0.15, 0.2) is 54.6 Å². The van der Waals surface area contributed by atoms with Crippen LogP contribution in [0.25, 0.3) is 22.8 Å². The maximum absolute atomic E-state index is 12.3. The lowest BCUT2D eigenvalue weighted by Gasteiger charge is -2.02. The minimum atomic E-state index is -0.422. The fraction of sp³-hybridized carbons (Fsp3) is 0.0500. The Labute approximate surface area is 149 Å². The number of nitrogens with one attached hydrogen (secondary N) is 2. The van der Waals surface area contributed by atoms with Crippen molar-refractivity contribution in [2.24, 2.45) is 0 Å². The molecule has 1 amide bonds. The Hall–Kier alpha value is -3.67. The lowest BCUT2D eigenvalue weighted by atomic mass is 10.0. The van der Waals surface area contributed by atoms with Crippen molar-refractivity contribution in [3.63, 3.8) is 0 Å². The molecule has 2 N–H and O–H groups in total. The van der Waals surface area contributed by atoms with Crippen molar-refractivity contribution in [3.05, 3.63) is 81.7 Å². The predicted octanol–water partition coefficient (Wildman–Crippen LogP) is 4.39. The van der Waals surface area contributed by atoms with Gasteiger partial charge in [-0.1, -0.05) is 18.2 Å². The molecule has 1 aliphatic heterocycles. The number of nitrogens with zero attached hydrogens (tertiary/aromatic N) is 1. The second-order valence-electron chi connectivity index (χ2n) is 6.14. The number of nitro benzene ring substituents is 1. The molecule has 0 saturated heterocycles. The van der Waals surface area contributed by atoms with Gasteiger partial charge in [-0.05, 0) is 42.8 Å². The number of non-ortho nitro benzene ring substituents is 1. The lowest BCUT2D eigenvalue weighted by molar-refractivity contribution is -0.384. The van der Waals surface area contributed by atoms with E-state index in [1.807, 2.05) is 43.3 Å². The zero-order chi connectivity index (χ0) is 18.3. The van der Waals surface area contributed by atoms with E-state index in [0.29, 0.717) is 5.57 Å². The molecule has 2 heterocycles. The largest absolute Gasteiger partial charge is 0.359 e. The van der Waals surface area contributed by atoms with Gasteiger partial charge in [-0.15, -0.1) is 0 Å². The van der Waals surface area contributed by atoms with E-state index in [4.69, 9.17) is 0 Å². The van der Waals surface area contributed by atoms with E-state index in [2.05, 4.69) is 10.3 Å². The summed E-state index contributed by atoms with van der Waals surface area (Å²) in [7, 11) is 0. The van der Waals surface area contributed by atoms with Crippen molar-refractivity contribution in [3.8, 4) is 11.1 Å². The molecule has 0 unspecified atom stereocenters. The lowest BCUT2D eigenvalue weighted by Crippen LogP contribution is -2.03. The summed E-state index contributed by atoms with van der Waals surface area (Å²) in [6.45, 7) is 1.93. The summed E-state index contributed by atoms with van der Waals surface area (Å²) in [5.41, 5.74) is 5.76. The molecular formula is C20H15N3O3. The standard InChI is InChI=1S/C20H15N3O3/c1-12-10-16(13-6-8-14(9-7-13)23(25)26)19(21-12)11-17-15-4-2-3-5-18(15)22-20(17)24/h2-11,21H,1H3,(H,22,24). The maximum atomic E-state index is 12.3. The zero-order valence-corrected chi connectivity index (χ0v) is 13.9. The van der Waals surface area contributed by atoms with Crippen LogP contribution in [0.3, 0.4) is 0 Å². The molecule has 0 fully saturated rings. The summed E-state index contributed by atoms with van der Waals surface area (Å²) in [6, 6.07) is 15.9. The first-order valence-electron chi connectivity index (χ1n) is 8.10. The molecule has 0 atom stereocenters. The van der Waals surface area contributed by atoms with E-state index in [0.717, 1.165) is 33.8 Å². The van der Waals surface area contributed by atoms with Crippen LogP contribution in [0.5, 0.6) is 0 Å². The molecule has 1 aliphatic rings. The number of hydrogen-bond donors (Lipinski definition) is 2. The van der Waals surface area contributed by atoms with Crippen molar-refractivity contribution in [2.75, 3.05) is 5.32 Å².